The Morgan fingerprint density at radius 3 is 2.04 bits per heavy atom. The zero-order valence-electron chi connectivity index (χ0n) is 26.3. The van der Waals surface area contributed by atoms with Gasteiger partial charge in [0.1, 0.15) is 5.01 Å². The van der Waals surface area contributed by atoms with Crippen molar-refractivity contribution in [3.05, 3.63) is 169 Å². The molecular formula is C44H32N2S. The van der Waals surface area contributed by atoms with Crippen molar-refractivity contribution in [3.8, 4) is 32.8 Å². The van der Waals surface area contributed by atoms with E-state index >= 15 is 0 Å². The second-order valence-electron chi connectivity index (χ2n) is 12.8. The Morgan fingerprint density at radius 1 is 0.511 bits per heavy atom. The average Bonchev–Trinajstić information content (AvgIpc) is 3.65. The summed E-state index contributed by atoms with van der Waals surface area (Å²) < 4.78 is 1.18. The molecule has 0 radical (unpaired) electrons. The highest BCUT2D eigenvalue weighted by Gasteiger charge is 2.35. The Hall–Kier alpha value is -5.51. The van der Waals surface area contributed by atoms with Crippen LogP contribution in [0.1, 0.15) is 25.0 Å². The quantitative estimate of drug-likeness (QED) is 0.190. The number of benzene rings is 7. The monoisotopic (exact) mass is 620 g/mol. The van der Waals surface area contributed by atoms with Crippen LogP contribution < -0.4 is 4.90 Å². The minimum atomic E-state index is -0.0880. The van der Waals surface area contributed by atoms with E-state index < -0.39 is 0 Å². The smallest absolute Gasteiger partial charge is 0.124 e. The molecule has 3 heteroatoms. The number of fused-ring (bicyclic) bond motifs is 5. The minimum Gasteiger partial charge on any atom is -0.310 e. The fourth-order valence-corrected chi connectivity index (χ4v) is 8.26. The summed E-state index contributed by atoms with van der Waals surface area (Å²) in [4.78, 5) is 7.48. The molecule has 2 nitrogen and oxygen atoms in total. The Labute approximate surface area is 279 Å². The Morgan fingerprint density at radius 2 is 1.17 bits per heavy atom. The van der Waals surface area contributed by atoms with E-state index in [0.29, 0.717) is 0 Å². The molecule has 47 heavy (non-hydrogen) atoms. The topological polar surface area (TPSA) is 16.1 Å². The van der Waals surface area contributed by atoms with Crippen LogP contribution in [0.5, 0.6) is 0 Å². The predicted molar refractivity (Wildman–Crippen MR) is 200 cm³/mol. The van der Waals surface area contributed by atoms with Crippen LogP contribution in [-0.2, 0) is 5.41 Å². The molecule has 0 bridgehead atoms. The molecule has 0 fully saturated rings. The molecule has 7 aromatic carbocycles. The third-order valence-corrected chi connectivity index (χ3v) is 10.8. The summed E-state index contributed by atoms with van der Waals surface area (Å²) in [6, 6.07) is 57.2. The van der Waals surface area contributed by atoms with Gasteiger partial charge in [-0.2, -0.15) is 0 Å². The van der Waals surface area contributed by atoms with Crippen molar-refractivity contribution in [1.29, 1.82) is 0 Å². The van der Waals surface area contributed by atoms with Crippen LogP contribution in [0.25, 0.3) is 53.8 Å². The van der Waals surface area contributed by atoms with Gasteiger partial charge in [-0.15, -0.1) is 11.3 Å². The standard InChI is InChI=1S/C44H32N2S/c1-44(2)39-18-9-8-16-37(39)38-25-23-33(27-40(38)44)46(34-24-26-42-41(28-34)45-43(47-42)31-12-4-3-5-13-31)32-21-19-30(20-22-32)36-17-10-14-29-11-6-7-15-35(29)36/h3-28H,1-2H3. The summed E-state index contributed by atoms with van der Waals surface area (Å²) in [6.45, 7) is 4.69. The molecule has 1 aliphatic carbocycles. The molecule has 224 valence electrons. The van der Waals surface area contributed by atoms with Crippen molar-refractivity contribution in [2.24, 2.45) is 0 Å². The van der Waals surface area contributed by atoms with Crippen LogP contribution in [0.15, 0.2) is 158 Å². The summed E-state index contributed by atoms with van der Waals surface area (Å²) in [5.41, 5.74) is 13.3. The van der Waals surface area contributed by atoms with Gasteiger partial charge < -0.3 is 4.90 Å². The molecule has 8 aromatic rings. The van der Waals surface area contributed by atoms with Gasteiger partial charge in [0.05, 0.1) is 10.2 Å². The largest absolute Gasteiger partial charge is 0.310 e. The molecule has 9 rings (SSSR count). The first kappa shape index (κ1) is 27.8. The molecule has 0 aliphatic heterocycles. The van der Waals surface area contributed by atoms with Crippen molar-refractivity contribution >= 4 is 49.4 Å². The number of nitrogens with zero attached hydrogens (tertiary/aromatic N) is 2. The van der Waals surface area contributed by atoms with E-state index in [1.807, 2.05) is 0 Å². The van der Waals surface area contributed by atoms with Gasteiger partial charge in [0, 0.05) is 28.0 Å². The van der Waals surface area contributed by atoms with Crippen molar-refractivity contribution < 1.29 is 0 Å². The fraction of sp³-hybridized carbons (Fsp3) is 0.0682. The molecule has 1 heterocycles. The number of thiazole rings is 1. The molecule has 0 unspecified atom stereocenters. The minimum absolute atomic E-state index is 0.0880. The van der Waals surface area contributed by atoms with Crippen LogP contribution >= 0.6 is 11.3 Å². The van der Waals surface area contributed by atoms with E-state index in [1.165, 1.54) is 48.9 Å². The summed E-state index contributed by atoms with van der Waals surface area (Å²) in [7, 11) is 0. The number of anilines is 3. The lowest BCUT2D eigenvalue weighted by Crippen LogP contribution is -2.16. The van der Waals surface area contributed by atoms with E-state index in [2.05, 4.69) is 176 Å². The predicted octanol–water partition coefficient (Wildman–Crippen LogP) is 12.6. The maximum atomic E-state index is 5.10. The lowest BCUT2D eigenvalue weighted by atomic mass is 9.82. The molecule has 0 saturated heterocycles. The van der Waals surface area contributed by atoms with Gasteiger partial charge >= 0.3 is 0 Å². The van der Waals surface area contributed by atoms with E-state index in [1.54, 1.807) is 11.3 Å². The summed E-state index contributed by atoms with van der Waals surface area (Å²) in [5, 5.41) is 3.56. The maximum Gasteiger partial charge on any atom is 0.124 e. The molecule has 1 aliphatic rings. The van der Waals surface area contributed by atoms with Gasteiger partial charge in [-0.1, -0.05) is 129 Å². The highest BCUT2D eigenvalue weighted by atomic mass is 32.1. The Balaban J connectivity index is 1.19. The highest BCUT2D eigenvalue weighted by molar-refractivity contribution is 7.21. The van der Waals surface area contributed by atoms with Crippen LogP contribution in [0.2, 0.25) is 0 Å². The van der Waals surface area contributed by atoms with Gasteiger partial charge in [-0.05, 0) is 86.6 Å². The van der Waals surface area contributed by atoms with E-state index in [4.69, 9.17) is 4.98 Å². The summed E-state index contributed by atoms with van der Waals surface area (Å²) >= 11 is 1.74. The Bertz CT molecular complexity index is 2430. The summed E-state index contributed by atoms with van der Waals surface area (Å²) in [5.74, 6) is 0. The number of hydrogen-bond acceptors (Lipinski definition) is 3. The average molecular weight is 621 g/mol. The van der Waals surface area contributed by atoms with Crippen LogP contribution in [0.4, 0.5) is 17.1 Å². The van der Waals surface area contributed by atoms with Gasteiger partial charge in [-0.25, -0.2) is 4.98 Å². The van der Waals surface area contributed by atoms with Gasteiger partial charge in [0.2, 0.25) is 0 Å². The molecule has 1 aromatic heterocycles. The van der Waals surface area contributed by atoms with Crippen LogP contribution in [-0.4, -0.2) is 4.98 Å². The zero-order valence-corrected chi connectivity index (χ0v) is 27.1. The lowest BCUT2D eigenvalue weighted by Gasteiger charge is -2.28. The second-order valence-corrected chi connectivity index (χ2v) is 13.9. The van der Waals surface area contributed by atoms with Crippen molar-refractivity contribution in [1.82, 2.24) is 4.98 Å². The first-order valence-electron chi connectivity index (χ1n) is 16.1. The van der Waals surface area contributed by atoms with Crippen molar-refractivity contribution in [2.75, 3.05) is 4.90 Å². The molecule has 0 atom stereocenters. The molecular weight excluding hydrogens is 589 g/mol. The fourth-order valence-electron chi connectivity index (χ4n) is 7.30. The number of aromatic nitrogens is 1. The first-order chi connectivity index (χ1) is 23.0. The maximum absolute atomic E-state index is 5.10. The number of rotatable bonds is 5. The van der Waals surface area contributed by atoms with Crippen molar-refractivity contribution in [2.45, 2.75) is 19.3 Å². The van der Waals surface area contributed by atoms with Crippen LogP contribution in [0, 0.1) is 0 Å². The normalized spacial score (nSPS) is 13.1. The zero-order chi connectivity index (χ0) is 31.5. The molecule has 0 amide bonds. The SMILES string of the molecule is CC1(C)c2ccccc2-c2ccc(N(c3ccc(-c4cccc5ccccc45)cc3)c3ccc4sc(-c5ccccc5)nc4c3)cc21. The Kier molecular flexibility index (Phi) is 6.38. The third-order valence-electron chi connectivity index (χ3n) is 9.70. The van der Waals surface area contributed by atoms with E-state index in [-0.39, 0.29) is 5.41 Å². The highest BCUT2D eigenvalue weighted by Crippen LogP contribution is 2.51. The number of hydrogen-bond donors (Lipinski definition) is 0. The van der Waals surface area contributed by atoms with E-state index in [0.717, 1.165) is 33.1 Å². The molecule has 0 N–H and O–H groups in total. The van der Waals surface area contributed by atoms with Crippen molar-refractivity contribution in [3.63, 3.8) is 0 Å². The molecule has 0 spiro atoms. The lowest BCUT2D eigenvalue weighted by molar-refractivity contribution is 0.660. The van der Waals surface area contributed by atoms with Gasteiger partial charge in [0.25, 0.3) is 0 Å². The van der Waals surface area contributed by atoms with Crippen LogP contribution in [0.3, 0.4) is 0 Å². The second kappa shape index (κ2) is 10.8. The third kappa shape index (κ3) is 4.58. The van der Waals surface area contributed by atoms with E-state index in [9.17, 15) is 0 Å². The van der Waals surface area contributed by atoms with Gasteiger partial charge in [0.15, 0.2) is 0 Å². The first-order valence-corrected chi connectivity index (χ1v) is 16.9. The molecule has 0 saturated carbocycles. The van der Waals surface area contributed by atoms with Gasteiger partial charge in [-0.3, -0.25) is 0 Å². The summed E-state index contributed by atoms with van der Waals surface area (Å²) in [6.07, 6.45) is 0.